The Morgan fingerprint density at radius 1 is 1.50 bits per heavy atom. The molecule has 2 atom stereocenters. The van der Waals surface area contributed by atoms with E-state index in [-0.39, 0.29) is 0 Å². The Bertz CT molecular complexity index is 270. The summed E-state index contributed by atoms with van der Waals surface area (Å²) in [6.45, 7) is 2.22. The monoisotopic (exact) mass is 208 g/mol. The van der Waals surface area contributed by atoms with E-state index in [1.165, 1.54) is 23.5 Å². The first-order valence-corrected chi connectivity index (χ1v) is 6.25. The van der Waals surface area contributed by atoms with Crippen molar-refractivity contribution in [3.05, 3.63) is 30.1 Å². The smallest absolute Gasteiger partial charge is 0.0295 e. The van der Waals surface area contributed by atoms with Gasteiger partial charge in [0.05, 0.1) is 0 Å². The third kappa shape index (κ3) is 2.49. The van der Waals surface area contributed by atoms with E-state index in [4.69, 9.17) is 0 Å². The molecule has 2 heterocycles. The number of nitrogens with zero attached hydrogens (tertiary/aromatic N) is 1. The molecule has 2 rings (SSSR count). The van der Waals surface area contributed by atoms with E-state index in [1.807, 2.05) is 24.2 Å². The van der Waals surface area contributed by atoms with E-state index < -0.39 is 0 Å². The molecule has 1 aromatic rings. The second-order valence-electron chi connectivity index (χ2n) is 3.73. The predicted octanol–water partition coefficient (Wildman–Crippen LogP) is 2.24. The summed E-state index contributed by atoms with van der Waals surface area (Å²) in [7, 11) is 0. The molecule has 14 heavy (non-hydrogen) atoms. The maximum atomic E-state index is 4.03. The van der Waals surface area contributed by atoms with Crippen molar-refractivity contribution in [1.29, 1.82) is 0 Å². The topological polar surface area (TPSA) is 24.9 Å². The van der Waals surface area contributed by atoms with Crippen LogP contribution in [0, 0.1) is 0 Å². The summed E-state index contributed by atoms with van der Waals surface area (Å²) in [6.07, 6.45) is 5.02. The lowest BCUT2D eigenvalue weighted by molar-refractivity contribution is 0.486. The zero-order chi connectivity index (χ0) is 9.80. The molecule has 2 nitrogen and oxygen atoms in total. The van der Waals surface area contributed by atoms with E-state index in [0.29, 0.717) is 12.1 Å². The van der Waals surface area contributed by atoms with Crippen LogP contribution in [-0.2, 0) is 0 Å². The average molecular weight is 208 g/mol. The van der Waals surface area contributed by atoms with Gasteiger partial charge in [-0.3, -0.25) is 4.98 Å². The molecular formula is C11H16N2S. The van der Waals surface area contributed by atoms with Gasteiger partial charge in [-0.2, -0.15) is 11.8 Å². The molecule has 0 bridgehead atoms. The van der Waals surface area contributed by atoms with Crippen molar-refractivity contribution in [2.75, 3.05) is 11.5 Å². The molecule has 3 heteroatoms. The lowest BCUT2D eigenvalue weighted by atomic mass is 10.1. The van der Waals surface area contributed by atoms with E-state index in [2.05, 4.69) is 29.4 Å². The lowest BCUT2D eigenvalue weighted by Gasteiger charge is -2.18. The molecule has 1 fully saturated rings. The first-order chi connectivity index (χ1) is 6.86. The number of nitrogens with one attached hydrogen (secondary N) is 1. The van der Waals surface area contributed by atoms with Crippen molar-refractivity contribution < 1.29 is 0 Å². The fourth-order valence-electron chi connectivity index (χ4n) is 1.77. The van der Waals surface area contributed by atoms with Crippen LogP contribution in [-0.4, -0.2) is 22.5 Å². The van der Waals surface area contributed by atoms with Gasteiger partial charge in [-0.25, -0.2) is 0 Å². The van der Waals surface area contributed by atoms with Crippen molar-refractivity contribution >= 4 is 11.8 Å². The lowest BCUT2D eigenvalue weighted by Crippen LogP contribution is -2.31. The molecule has 1 saturated heterocycles. The number of aromatic nitrogens is 1. The highest BCUT2D eigenvalue weighted by atomic mass is 32.2. The van der Waals surface area contributed by atoms with Crippen LogP contribution in [0.5, 0.6) is 0 Å². The number of pyridine rings is 1. The van der Waals surface area contributed by atoms with Gasteiger partial charge in [0.25, 0.3) is 0 Å². The first-order valence-electron chi connectivity index (χ1n) is 5.10. The van der Waals surface area contributed by atoms with Crippen LogP contribution in [0.25, 0.3) is 0 Å². The van der Waals surface area contributed by atoms with Gasteiger partial charge >= 0.3 is 0 Å². The Labute approximate surface area is 89.5 Å². The molecule has 0 aliphatic carbocycles. The summed E-state index contributed by atoms with van der Waals surface area (Å²) in [5.41, 5.74) is 1.33. The molecule has 0 saturated carbocycles. The first kappa shape index (κ1) is 9.99. The van der Waals surface area contributed by atoms with Gasteiger partial charge in [-0.05, 0) is 36.8 Å². The van der Waals surface area contributed by atoms with Crippen LogP contribution in [0.4, 0.5) is 0 Å². The summed E-state index contributed by atoms with van der Waals surface area (Å²) < 4.78 is 0. The molecule has 1 aliphatic heterocycles. The second kappa shape index (κ2) is 4.80. The van der Waals surface area contributed by atoms with E-state index >= 15 is 0 Å². The largest absolute Gasteiger partial charge is 0.307 e. The van der Waals surface area contributed by atoms with E-state index in [0.717, 1.165) is 0 Å². The van der Waals surface area contributed by atoms with Crippen molar-refractivity contribution in [1.82, 2.24) is 10.3 Å². The average Bonchev–Trinajstić information content (AvgIpc) is 2.72. The third-order valence-corrected chi connectivity index (χ3v) is 3.78. The molecule has 0 radical (unpaired) electrons. The zero-order valence-corrected chi connectivity index (χ0v) is 9.26. The summed E-state index contributed by atoms with van der Waals surface area (Å²) in [6, 6.07) is 5.31. The van der Waals surface area contributed by atoms with Gasteiger partial charge in [0.15, 0.2) is 0 Å². The molecule has 1 aliphatic rings. The molecule has 0 aromatic carbocycles. The highest BCUT2D eigenvalue weighted by Crippen LogP contribution is 2.20. The van der Waals surface area contributed by atoms with Gasteiger partial charge in [-0.15, -0.1) is 0 Å². The molecule has 1 aromatic heterocycles. The maximum absolute atomic E-state index is 4.03. The maximum Gasteiger partial charge on any atom is 0.0295 e. The Morgan fingerprint density at radius 3 is 2.93 bits per heavy atom. The van der Waals surface area contributed by atoms with Gasteiger partial charge < -0.3 is 5.32 Å². The van der Waals surface area contributed by atoms with Crippen LogP contribution >= 0.6 is 11.8 Å². The standard InChI is InChI=1S/C11H16N2S/c1-9(10-2-5-12-6-3-10)13-11-4-7-14-8-11/h2-3,5-6,9,11,13H,4,7-8H2,1H3/t9-,11?/m0/s1. The molecule has 1 unspecified atom stereocenters. The zero-order valence-electron chi connectivity index (χ0n) is 8.44. The van der Waals surface area contributed by atoms with Crippen molar-refractivity contribution in [3.63, 3.8) is 0 Å². The summed E-state index contributed by atoms with van der Waals surface area (Å²) in [5, 5.41) is 3.65. The number of hydrogen-bond donors (Lipinski definition) is 1. The minimum absolute atomic E-state index is 0.446. The van der Waals surface area contributed by atoms with Crippen LogP contribution in [0.1, 0.15) is 24.9 Å². The summed E-state index contributed by atoms with van der Waals surface area (Å²) >= 11 is 2.04. The number of hydrogen-bond acceptors (Lipinski definition) is 3. The molecule has 76 valence electrons. The van der Waals surface area contributed by atoms with Gasteiger partial charge in [0.2, 0.25) is 0 Å². The molecular weight excluding hydrogens is 192 g/mol. The Kier molecular flexibility index (Phi) is 3.43. The third-order valence-electron chi connectivity index (χ3n) is 2.62. The molecule has 0 spiro atoms. The second-order valence-corrected chi connectivity index (χ2v) is 4.88. The van der Waals surface area contributed by atoms with Crippen LogP contribution < -0.4 is 5.32 Å². The highest BCUT2D eigenvalue weighted by molar-refractivity contribution is 7.99. The van der Waals surface area contributed by atoms with Crippen LogP contribution in [0.15, 0.2) is 24.5 Å². The van der Waals surface area contributed by atoms with Gasteiger partial charge in [0.1, 0.15) is 0 Å². The quantitative estimate of drug-likeness (QED) is 0.824. The normalized spacial score (nSPS) is 23.6. The fourth-order valence-corrected chi connectivity index (χ4v) is 2.93. The summed E-state index contributed by atoms with van der Waals surface area (Å²) in [5.74, 6) is 2.57. The van der Waals surface area contributed by atoms with Crippen LogP contribution in [0.2, 0.25) is 0 Å². The van der Waals surface area contributed by atoms with Gasteiger partial charge in [-0.1, -0.05) is 0 Å². The summed E-state index contributed by atoms with van der Waals surface area (Å²) in [4.78, 5) is 4.03. The van der Waals surface area contributed by atoms with E-state index in [1.54, 1.807) is 0 Å². The number of rotatable bonds is 3. The fraction of sp³-hybridized carbons (Fsp3) is 0.545. The van der Waals surface area contributed by atoms with Crippen LogP contribution in [0.3, 0.4) is 0 Å². The van der Waals surface area contributed by atoms with Crippen molar-refractivity contribution in [2.45, 2.75) is 25.4 Å². The highest BCUT2D eigenvalue weighted by Gasteiger charge is 2.17. The van der Waals surface area contributed by atoms with Crippen molar-refractivity contribution in [3.8, 4) is 0 Å². The van der Waals surface area contributed by atoms with Crippen molar-refractivity contribution in [2.24, 2.45) is 0 Å². The van der Waals surface area contributed by atoms with Gasteiger partial charge in [0, 0.05) is 30.2 Å². The Hall–Kier alpha value is -0.540. The Morgan fingerprint density at radius 2 is 2.29 bits per heavy atom. The molecule has 1 N–H and O–H groups in total. The predicted molar refractivity (Wildman–Crippen MR) is 61.5 cm³/mol. The molecule has 0 amide bonds. The van der Waals surface area contributed by atoms with E-state index in [9.17, 15) is 0 Å². The SMILES string of the molecule is C[C@H](NC1CCSC1)c1ccncc1. The Balaban J connectivity index is 1.92. The minimum atomic E-state index is 0.446. The minimum Gasteiger partial charge on any atom is -0.307 e. The number of thioether (sulfide) groups is 1.